The largest absolute Gasteiger partial charge is 0.481 e. The first-order valence-electron chi connectivity index (χ1n) is 10.8. The second kappa shape index (κ2) is 8.86. The summed E-state index contributed by atoms with van der Waals surface area (Å²) < 4.78 is 5.96. The van der Waals surface area contributed by atoms with Gasteiger partial charge in [0.1, 0.15) is 11.6 Å². The second-order valence-electron chi connectivity index (χ2n) is 8.38. The molecule has 0 radical (unpaired) electrons. The predicted octanol–water partition coefficient (Wildman–Crippen LogP) is 3.52. The van der Waals surface area contributed by atoms with Gasteiger partial charge in [-0.15, -0.1) is 0 Å². The van der Waals surface area contributed by atoms with Gasteiger partial charge in [0.25, 0.3) is 5.91 Å². The topological polar surface area (TPSA) is 71.5 Å². The smallest absolute Gasteiger partial charge is 0.263 e. The van der Waals surface area contributed by atoms with Crippen molar-refractivity contribution in [2.75, 3.05) is 18.4 Å². The number of piperidine rings is 1. The predicted molar refractivity (Wildman–Crippen MR) is 115 cm³/mol. The lowest BCUT2D eigenvalue weighted by Crippen LogP contribution is -2.48. The molecule has 30 heavy (non-hydrogen) atoms. The Kier molecular flexibility index (Phi) is 6.02. The fourth-order valence-electron chi connectivity index (χ4n) is 4.29. The number of likely N-dealkylation sites (tertiary alicyclic amines) is 1. The number of nitrogens with one attached hydrogen (secondary N) is 1. The fourth-order valence-corrected chi connectivity index (χ4v) is 4.29. The highest BCUT2D eigenvalue weighted by Crippen LogP contribution is 2.27. The van der Waals surface area contributed by atoms with E-state index >= 15 is 0 Å². The van der Waals surface area contributed by atoms with E-state index < -0.39 is 6.10 Å². The quantitative estimate of drug-likeness (QED) is 0.823. The Hall–Kier alpha value is -2.89. The van der Waals surface area contributed by atoms with E-state index in [9.17, 15) is 9.59 Å². The van der Waals surface area contributed by atoms with Crippen LogP contribution >= 0.6 is 0 Å². The van der Waals surface area contributed by atoms with E-state index in [1.165, 1.54) is 17.5 Å². The van der Waals surface area contributed by atoms with Gasteiger partial charge < -0.3 is 15.0 Å². The Morgan fingerprint density at radius 2 is 2.00 bits per heavy atom. The molecule has 1 aliphatic heterocycles. The molecule has 2 aliphatic rings. The highest BCUT2D eigenvalue weighted by molar-refractivity contribution is 5.92. The SMILES string of the molecule is Cc1ccc(NC(=O)[C@@H]2CCCN(C(=O)[C@H](C)Oc3ccc4c(c3)CCC4)C2)nc1. The third kappa shape index (κ3) is 4.64. The number of rotatable bonds is 5. The van der Waals surface area contributed by atoms with E-state index in [1.807, 2.05) is 19.1 Å². The lowest BCUT2D eigenvalue weighted by molar-refractivity contribution is -0.140. The molecule has 1 N–H and O–H groups in total. The molecule has 2 heterocycles. The molecule has 4 rings (SSSR count). The Balaban J connectivity index is 1.34. The number of benzene rings is 1. The molecule has 1 aromatic carbocycles. The van der Waals surface area contributed by atoms with E-state index in [0.717, 1.165) is 37.0 Å². The van der Waals surface area contributed by atoms with Crippen LogP contribution in [0.15, 0.2) is 36.5 Å². The number of anilines is 1. The summed E-state index contributed by atoms with van der Waals surface area (Å²) in [5.41, 5.74) is 3.75. The minimum absolute atomic E-state index is 0.0681. The van der Waals surface area contributed by atoms with Crippen molar-refractivity contribution in [1.82, 2.24) is 9.88 Å². The zero-order chi connectivity index (χ0) is 21.1. The van der Waals surface area contributed by atoms with E-state index in [4.69, 9.17) is 4.74 Å². The minimum Gasteiger partial charge on any atom is -0.481 e. The maximum atomic E-state index is 13.0. The van der Waals surface area contributed by atoms with Gasteiger partial charge in [-0.2, -0.15) is 0 Å². The Morgan fingerprint density at radius 3 is 2.80 bits per heavy atom. The highest BCUT2D eigenvalue weighted by atomic mass is 16.5. The van der Waals surface area contributed by atoms with Gasteiger partial charge in [-0.3, -0.25) is 9.59 Å². The lowest BCUT2D eigenvalue weighted by atomic mass is 9.96. The molecule has 0 unspecified atom stereocenters. The van der Waals surface area contributed by atoms with Crippen molar-refractivity contribution >= 4 is 17.6 Å². The molecule has 1 fully saturated rings. The summed E-state index contributed by atoms with van der Waals surface area (Å²) in [6.45, 7) is 4.81. The molecule has 2 amide bonds. The molecule has 1 saturated heterocycles. The van der Waals surface area contributed by atoms with Crippen LogP contribution in [0.3, 0.4) is 0 Å². The van der Waals surface area contributed by atoms with Crippen molar-refractivity contribution in [3.8, 4) is 5.75 Å². The number of aromatic nitrogens is 1. The van der Waals surface area contributed by atoms with Gasteiger partial charge >= 0.3 is 0 Å². The van der Waals surface area contributed by atoms with Crippen LogP contribution in [0.1, 0.15) is 42.9 Å². The van der Waals surface area contributed by atoms with Gasteiger partial charge in [0.15, 0.2) is 6.10 Å². The van der Waals surface area contributed by atoms with Gasteiger partial charge in [0, 0.05) is 19.3 Å². The first-order chi connectivity index (χ1) is 14.5. The molecule has 0 bridgehead atoms. The number of hydrogen-bond donors (Lipinski definition) is 1. The minimum atomic E-state index is -0.579. The normalized spacial score (nSPS) is 19.1. The van der Waals surface area contributed by atoms with Crippen molar-refractivity contribution in [2.45, 2.75) is 52.1 Å². The van der Waals surface area contributed by atoms with Gasteiger partial charge in [0.2, 0.25) is 5.91 Å². The molecule has 2 atom stereocenters. The van der Waals surface area contributed by atoms with Gasteiger partial charge in [-0.25, -0.2) is 4.98 Å². The van der Waals surface area contributed by atoms with Crippen LogP contribution in [0, 0.1) is 12.8 Å². The molecular weight excluding hydrogens is 378 g/mol. The zero-order valence-electron chi connectivity index (χ0n) is 17.7. The number of ether oxygens (including phenoxy) is 1. The number of carbonyl (C=O) groups excluding carboxylic acids is 2. The van der Waals surface area contributed by atoms with Gasteiger partial charge in [-0.05, 0) is 80.8 Å². The number of pyridine rings is 1. The van der Waals surface area contributed by atoms with E-state index in [1.54, 1.807) is 24.1 Å². The van der Waals surface area contributed by atoms with Crippen molar-refractivity contribution in [1.29, 1.82) is 0 Å². The molecule has 1 aliphatic carbocycles. The first kappa shape index (κ1) is 20.4. The monoisotopic (exact) mass is 407 g/mol. The first-order valence-corrected chi connectivity index (χ1v) is 10.8. The number of carbonyl (C=O) groups is 2. The number of amides is 2. The molecule has 0 spiro atoms. The second-order valence-corrected chi connectivity index (χ2v) is 8.38. The maximum absolute atomic E-state index is 13.0. The van der Waals surface area contributed by atoms with Crippen LogP contribution in [-0.4, -0.2) is 40.9 Å². The van der Waals surface area contributed by atoms with E-state index in [2.05, 4.69) is 22.4 Å². The number of nitrogens with zero attached hydrogens (tertiary/aromatic N) is 2. The van der Waals surface area contributed by atoms with Crippen molar-refractivity contribution < 1.29 is 14.3 Å². The van der Waals surface area contributed by atoms with Gasteiger partial charge in [0.05, 0.1) is 5.92 Å². The molecule has 2 aromatic rings. The van der Waals surface area contributed by atoms with Crippen LogP contribution in [0.5, 0.6) is 5.75 Å². The fraction of sp³-hybridized carbons (Fsp3) is 0.458. The summed E-state index contributed by atoms with van der Waals surface area (Å²) in [6, 6.07) is 9.83. The van der Waals surface area contributed by atoms with Crippen LogP contribution in [0.4, 0.5) is 5.82 Å². The molecular formula is C24H29N3O3. The molecule has 6 heteroatoms. The van der Waals surface area contributed by atoms with Crippen LogP contribution in [0.2, 0.25) is 0 Å². The summed E-state index contributed by atoms with van der Waals surface area (Å²) in [5.74, 6) is 0.895. The third-order valence-electron chi connectivity index (χ3n) is 6.00. The highest BCUT2D eigenvalue weighted by Gasteiger charge is 2.31. The third-order valence-corrected chi connectivity index (χ3v) is 6.00. The average Bonchev–Trinajstić information content (AvgIpc) is 3.22. The van der Waals surface area contributed by atoms with Crippen molar-refractivity contribution in [3.63, 3.8) is 0 Å². The summed E-state index contributed by atoms with van der Waals surface area (Å²) in [4.78, 5) is 31.6. The summed E-state index contributed by atoms with van der Waals surface area (Å²) in [7, 11) is 0. The zero-order valence-corrected chi connectivity index (χ0v) is 17.7. The Bertz CT molecular complexity index is 926. The maximum Gasteiger partial charge on any atom is 0.263 e. The van der Waals surface area contributed by atoms with Crippen LogP contribution in [-0.2, 0) is 22.4 Å². The number of aryl methyl sites for hydroxylation is 3. The molecule has 0 saturated carbocycles. The van der Waals surface area contributed by atoms with Crippen LogP contribution < -0.4 is 10.1 Å². The van der Waals surface area contributed by atoms with Crippen molar-refractivity contribution in [2.24, 2.45) is 5.92 Å². The molecule has 6 nitrogen and oxygen atoms in total. The van der Waals surface area contributed by atoms with Gasteiger partial charge in [-0.1, -0.05) is 12.1 Å². The number of hydrogen-bond acceptors (Lipinski definition) is 4. The Morgan fingerprint density at radius 1 is 1.17 bits per heavy atom. The van der Waals surface area contributed by atoms with E-state index in [0.29, 0.717) is 18.9 Å². The van der Waals surface area contributed by atoms with E-state index in [-0.39, 0.29) is 17.7 Å². The molecule has 1 aromatic heterocycles. The summed E-state index contributed by atoms with van der Waals surface area (Å²) in [5, 5.41) is 2.87. The molecule has 158 valence electrons. The van der Waals surface area contributed by atoms with Crippen molar-refractivity contribution in [3.05, 3.63) is 53.2 Å². The lowest BCUT2D eigenvalue weighted by Gasteiger charge is -2.33. The standard InChI is InChI=1S/C24H29N3O3/c1-16-8-11-22(25-14-16)26-23(28)20-7-4-12-27(15-20)24(29)17(2)30-21-10-9-18-5-3-6-19(18)13-21/h8-11,13-14,17,20H,3-7,12,15H2,1-2H3,(H,25,26,28)/t17-,20+/m0/s1. The average molecular weight is 408 g/mol. The summed E-state index contributed by atoms with van der Waals surface area (Å²) in [6.07, 6.45) is 6.10. The van der Waals surface area contributed by atoms with Crippen LogP contribution in [0.25, 0.3) is 0 Å². The summed E-state index contributed by atoms with van der Waals surface area (Å²) >= 11 is 0. The Labute approximate surface area is 177 Å². The number of fused-ring (bicyclic) bond motifs is 1.